The van der Waals surface area contributed by atoms with Crippen LogP contribution >= 0.6 is 0 Å². The molecule has 1 N–H and O–H groups in total. The van der Waals surface area contributed by atoms with Crippen LogP contribution in [-0.4, -0.2) is 67.5 Å². The number of para-hydroxylation sites is 1. The van der Waals surface area contributed by atoms with E-state index in [1.165, 1.54) is 5.56 Å². The lowest BCUT2D eigenvalue weighted by molar-refractivity contribution is -0.148. The fraction of sp³-hybridized carbons (Fsp3) is 0.680. The van der Waals surface area contributed by atoms with Gasteiger partial charge in [0, 0.05) is 20.1 Å². The summed E-state index contributed by atoms with van der Waals surface area (Å²) in [6.45, 7) is 3.41. The van der Waals surface area contributed by atoms with Crippen LogP contribution in [-0.2, 0) is 16.0 Å². The van der Waals surface area contributed by atoms with Gasteiger partial charge in [-0.05, 0) is 63.1 Å². The van der Waals surface area contributed by atoms with Crippen molar-refractivity contribution in [2.45, 2.75) is 63.8 Å². The fourth-order valence-electron chi connectivity index (χ4n) is 5.45. The van der Waals surface area contributed by atoms with Crippen LogP contribution in [0.3, 0.4) is 0 Å². The van der Waals surface area contributed by atoms with Crippen LogP contribution < -0.4 is 10.1 Å². The molecule has 6 nitrogen and oxygen atoms in total. The van der Waals surface area contributed by atoms with Gasteiger partial charge in [-0.3, -0.25) is 9.59 Å². The Morgan fingerprint density at radius 3 is 2.65 bits per heavy atom. The van der Waals surface area contributed by atoms with E-state index in [4.69, 9.17) is 4.74 Å². The number of likely N-dealkylation sites (tertiary alicyclic amines) is 1. The van der Waals surface area contributed by atoms with Gasteiger partial charge in [0.2, 0.25) is 11.8 Å². The summed E-state index contributed by atoms with van der Waals surface area (Å²) >= 11 is 0. The van der Waals surface area contributed by atoms with Gasteiger partial charge < -0.3 is 19.9 Å². The number of ether oxygens (including phenoxy) is 1. The molecule has 0 unspecified atom stereocenters. The Kier molecular flexibility index (Phi) is 7.16. The average molecular weight is 428 g/mol. The molecule has 1 atom stereocenters. The number of nitrogens with zero attached hydrogens (tertiary/aromatic N) is 2. The lowest BCUT2D eigenvalue weighted by atomic mass is 9.73. The molecule has 3 aliphatic rings. The molecule has 2 saturated heterocycles. The Hall–Kier alpha value is -2.08. The smallest absolute Gasteiger partial charge is 0.239 e. The molecule has 170 valence electrons. The number of carbonyl (C=O) groups is 2. The molecule has 31 heavy (non-hydrogen) atoms. The van der Waals surface area contributed by atoms with Gasteiger partial charge in [-0.15, -0.1) is 0 Å². The molecule has 0 aliphatic carbocycles. The number of benzene rings is 1. The summed E-state index contributed by atoms with van der Waals surface area (Å²) in [7, 11) is 1.90. The Balaban J connectivity index is 1.42. The van der Waals surface area contributed by atoms with Crippen LogP contribution in [0.1, 0.15) is 56.9 Å². The molecule has 3 aliphatic heterocycles. The molecular formula is C25H37N3O3. The maximum absolute atomic E-state index is 13.6. The number of hydrogen-bond acceptors (Lipinski definition) is 4. The molecule has 6 heteroatoms. The summed E-state index contributed by atoms with van der Waals surface area (Å²) in [5.74, 6) is 1.41. The van der Waals surface area contributed by atoms with Crippen molar-refractivity contribution >= 4 is 11.8 Å². The van der Waals surface area contributed by atoms with Crippen LogP contribution in [0.15, 0.2) is 24.3 Å². The monoisotopic (exact) mass is 427 g/mol. The minimum Gasteiger partial charge on any atom is -0.491 e. The molecule has 2 fully saturated rings. The summed E-state index contributed by atoms with van der Waals surface area (Å²) in [6.07, 6.45) is 8.77. The van der Waals surface area contributed by atoms with Crippen molar-refractivity contribution in [1.82, 2.24) is 15.1 Å². The molecule has 0 aromatic heterocycles. The number of carbonyl (C=O) groups excluding carboxylic acids is 2. The number of aryl methyl sites for hydroxylation is 1. The predicted octanol–water partition coefficient (Wildman–Crippen LogP) is 3.00. The standard InChI is InChI=1S/C25H37N3O3/c1-27-18-19-31-22-11-5-4-9-20(22)8-3-2-6-12-25(24(27)30)13-16-28(17-14-25)23(29)21-10-7-15-26-21/h4-5,9,11,21,26H,2-3,6-8,10,12-19H2,1H3/t21-/m1/s1. The van der Waals surface area contributed by atoms with E-state index in [0.29, 0.717) is 26.2 Å². The van der Waals surface area contributed by atoms with Gasteiger partial charge in [-0.25, -0.2) is 0 Å². The Bertz CT molecular complexity index is 767. The number of amides is 2. The highest BCUT2D eigenvalue weighted by molar-refractivity contribution is 5.85. The zero-order valence-electron chi connectivity index (χ0n) is 18.9. The second kappa shape index (κ2) is 10.0. The highest BCUT2D eigenvalue weighted by Gasteiger charge is 2.44. The molecule has 0 radical (unpaired) electrons. The Morgan fingerprint density at radius 2 is 1.87 bits per heavy atom. The van der Waals surface area contributed by atoms with Crippen molar-refractivity contribution < 1.29 is 14.3 Å². The van der Waals surface area contributed by atoms with Gasteiger partial charge in [0.25, 0.3) is 0 Å². The van der Waals surface area contributed by atoms with Crippen molar-refractivity contribution in [2.24, 2.45) is 5.41 Å². The summed E-state index contributed by atoms with van der Waals surface area (Å²) in [5, 5.41) is 3.32. The van der Waals surface area contributed by atoms with Gasteiger partial charge in [-0.1, -0.05) is 31.0 Å². The molecular weight excluding hydrogens is 390 g/mol. The van der Waals surface area contributed by atoms with Crippen LogP contribution in [0.4, 0.5) is 0 Å². The molecule has 1 aromatic carbocycles. The summed E-state index contributed by atoms with van der Waals surface area (Å²) < 4.78 is 6.05. The third-order valence-electron chi connectivity index (χ3n) is 7.45. The van der Waals surface area contributed by atoms with E-state index in [9.17, 15) is 9.59 Å². The predicted molar refractivity (Wildman–Crippen MR) is 121 cm³/mol. The number of rotatable bonds is 1. The van der Waals surface area contributed by atoms with Gasteiger partial charge in [0.05, 0.1) is 18.0 Å². The van der Waals surface area contributed by atoms with Gasteiger partial charge in [0.15, 0.2) is 0 Å². The second-order valence-corrected chi connectivity index (χ2v) is 9.50. The maximum Gasteiger partial charge on any atom is 0.239 e. The highest BCUT2D eigenvalue weighted by Crippen LogP contribution is 2.39. The van der Waals surface area contributed by atoms with Crippen molar-refractivity contribution in [3.63, 3.8) is 0 Å². The lowest BCUT2D eigenvalue weighted by Crippen LogP contribution is -2.53. The van der Waals surface area contributed by atoms with Crippen LogP contribution in [0, 0.1) is 5.41 Å². The number of fused-ring (bicyclic) bond motifs is 1. The molecule has 4 rings (SSSR count). The molecule has 2 amide bonds. The minimum atomic E-state index is -0.338. The maximum atomic E-state index is 13.6. The lowest BCUT2D eigenvalue weighted by Gasteiger charge is -2.43. The first-order valence-electron chi connectivity index (χ1n) is 12.1. The second-order valence-electron chi connectivity index (χ2n) is 9.50. The largest absolute Gasteiger partial charge is 0.491 e. The van der Waals surface area contributed by atoms with Gasteiger partial charge in [0.1, 0.15) is 12.4 Å². The molecule has 1 aromatic rings. The summed E-state index contributed by atoms with van der Waals surface area (Å²) in [4.78, 5) is 30.2. The average Bonchev–Trinajstić information content (AvgIpc) is 3.34. The molecule has 0 saturated carbocycles. The molecule has 1 spiro atoms. The minimum absolute atomic E-state index is 0.0220. The van der Waals surface area contributed by atoms with E-state index < -0.39 is 0 Å². The third kappa shape index (κ3) is 5.05. The first-order chi connectivity index (χ1) is 15.1. The highest BCUT2D eigenvalue weighted by atomic mass is 16.5. The Labute approximate surface area is 186 Å². The van der Waals surface area contributed by atoms with Crippen LogP contribution in [0.25, 0.3) is 0 Å². The topological polar surface area (TPSA) is 61.9 Å². The van der Waals surface area contributed by atoms with Crippen molar-refractivity contribution in [3.05, 3.63) is 29.8 Å². The zero-order valence-corrected chi connectivity index (χ0v) is 18.9. The normalized spacial score (nSPS) is 25.2. The van der Waals surface area contributed by atoms with E-state index in [1.54, 1.807) is 0 Å². The molecule has 0 bridgehead atoms. The van der Waals surface area contributed by atoms with E-state index in [1.807, 2.05) is 29.0 Å². The van der Waals surface area contributed by atoms with E-state index in [0.717, 1.165) is 70.1 Å². The van der Waals surface area contributed by atoms with E-state index >= 15 is 0 Å². The summed E-state index contributed by atoms with van der Waals surface area (Å²) in [6, 6.07) is 8.24. The van der Waals surface area contributed by atoms with Crippen LogP contribution in [0.5, 0.6) is 5.75 Å². The van der Waals surface area contributed by atoms with E-state index in [2.05, 4.69) is 17.4 Å². The van der Waals surface area contributed by atoms with Crippen molar-refractivity contribution in [1.29, 1.82) is 0 Å². The Morgan fingerprint density at radius 1 is 1.06 bits per heavy atom. The van der Waals surface area contributed by atoms with Crippen LogP contribution in [0.2, 0.25) is 0 Å². The first kappa shape index (κ1) is 22.1. The number of likely N-dealkylation sites (N-methyl/N-ethyl adjacent to an activating group) is 1. The number of nitrogens with one attached hydrogen (secondary N) is 1. The quantitative estimate of drug-likeness (QED) is 0.749. The first-order valence-corrected chi connectivity index (χ1v) is 12.1. The third-order valence-corrected chi connectivity index (χ3v) is 7.45. The number of hydrogen-bond donors (Lipinski definition) is 1. The SMILES string of the molecule is CN1CCOc2ccccc2CCCCCC2(CCN(C(=O)[C@H]3CCCN3)CC2)C1=O. The van der Waals surface area contributed by atoms with Crippen molar-refractivity contribution in [2.75, 3.05) is 39.8 Å². The summed E-state index contributed by atoms with van der Waals surface area (Å²) in [5.41, 5.74) is 0.924. The van der Waals surface area contributed by atoms with E-state index in [-0.39, 0.29) is 23.3 Å². The van der Waals surface area contributed by atoms with Gasteiger partial charge in [-0.2, -0.15) is 0 Å². The molecule has 3 heterocycles. The van der Waals surface area contributed by atoms with Crippen molar-refractivity contribution in [3.8, 4) is 5.75 Å². The fourth-order valence-corrected chi connectivity index (χ4v) is 5.45. The zero-order chi connectivity index (χ0) is 21.7. The number of piperidine rings is 1. The van der Waals surface area contributed by atoms with Gasteiger partial charge >= 0.3 is 0 Å².